The van der Waals surface area contributed by atoms with Crippen molar-refractivity contribution in [1.82, 2.24) is 4.68 Å². The fourth-order valence-corrected chi connectivity index (χ4v) is 4.18. The van der Waals surface area contributed by atoms with Gasteiger partial charge in [-0.1, -0.05) is 41.4 Å². The maximum absolute atomic E-state index is 13.2. The molecule has 0 atom stereocenters. The largest absolute Gasteiger partial charge is 0.494 e. The van der Waals surface area contributed by atoms with E-state index in [0.717, 1.165) is 11.1 Å². The number of anilines is 2. The minimum atomic E-state index is -0.975. The Morgan fingerprint density at radius 2 is 1.53 bits per heavy atom. The fourth-order valence-electron chi connectivity index (χ4n) is 3.66. The highest BCUT2D eigenvalue weighted by molar-refractivity contribution is 6.42. The van der Waals surface area contributed by atoms with Gasteiger partial charge in [-0.25, -0.2) is 4.68 Å². The number of nitrogens with zero attached hydrogens (tertiary/aromatic N) is 1. The van der Waals surface area contributed by atoms with E-state index in [2.05, 4.69) is 16.1 Å². The summed E-state index contributed by atoms with van der Waals surface area (Å²) in [7, 11) is 1.47. The summed E-state index contributed by atoms with van der Waals surface area (Å²) in [5.74, 6) is -2.05. The molecular formula is C26H22Cl2N4O4. The average molecular weight is 525 g/mol. The number of benzene rings is 3. The second kappa shape index (κ2) is 10.3. The second-order valence-corrected chi connectivity index (χ2v) is 8.94. The predicted molar refractivity (Wildman–Crippen MR) is 142 cm³/mol. The van der Waals surface area contributed by atoms with Crippen LogP contribution in [-0.4, -0.2) is 29.5 Å². The lowest BCUT2D eigenvalue weighted by molar-refractivity contribution is -0.133. The van der Waals surface area contributed by atoms with E-state index < -0.39 is 17.7 Å². The first-order valence-electron chi connectivity index (χ1n) is 10.8. The molecule has 1 heterocycles. The SMILES string of the molecule is COc1cccc2cc(C(=O)Nc3cc(Cl)cc(Cl)c3)n(NC(=O)C(=O)Nc3ccc(C)c(C)c3)c12. The van der Waals surface area contributed by atoms with Gasteiger partial charge in [0.05, 0.1) is 7.11 Å². The number of methoxy groups -OCH3 is 1. The number of aromatic nitrogens is 1. The van der Waals surface area contributed by atoms with Gasteiger partial charge in [-0.3, -0.25) is 19.8 Å². The zero-order chi connectivity index (χ0) is 26.0. The summed E-state index contributed by atoms with van der Waals surface area (Å²) in [5, 5.41) is 6.58. The fraction of sp³-hybridized carbons (Fsp3) is 0.115. The van der Waals surface area contributed by atoms with E-state index in [1.165, 1.54) is 30.0 Å². The molecule has 0 radical (unpaired) electrons. The van der Waals surface area contributed by atoms with Gasteiger partial charge in [-0.2, -0.15) is 0 Å². The van der Waals surface area contributed by atoms with E-state index in [9.17, 15) is 14.4 Å². The minimum absolute atomic E-state index is 0.0536. The molecule has 1 aromatic heterocycles. The first kappa shape index (κ1) is 25.1. The van der Waals surface area contributed by atoms with E-state index in [1.807, 2.05) is 19.9 Å². The highest BCUT2D eigenvalue weighted by Crippen LogP contribution is 2.29. The Bertz CT molecular complexity index is 1490. The Balaban J connectivity index is 1.67. The number of nitrogens with one attached hydrogen (secondary N) is 3. The summed E-state index contributed by atoms with van der Waals surface area (Å²) in [5.41, 5.74) is 5.83. The molecule has 36 heavy (non-hydrogen) atoms. The lowest BCUT2D eigenvalue weighted by atomic mass is 10.1. The monoisotopic (exact) mass is 524 g/mol. The average Bonchev–Trinajstić information content (AvgIpc) is 3.19. The van der Waals surface area contributed by atoms with Crippen molar-refractivity contribution in [2.24, 2.45) is 0 Å². The first-order valence-corrected chi connectivity index (χ1v) is 11.6. The molecule has 0 aliphatic heterocycles. The number of hydrogen-bond acceptors (Lipinski definition) is 4. The Hall–Kier alpha value is -4.01. The molecule has 0 saturated carbocycles. The molecule has 3 N–H and O–H groups in total. The molecule has 0 unspecified atom stereocenters. The zero-order valence-corrected chi connectivity index (χ0v) is 21.1. The third kappa shape index (κ3) is 5.30. The number of carbonyl (C=O) groups is 3. The number of halogens is 2. The first-order chi connectivity index (χ1) is 17.2. The Morgan fingerprint density at radius 1 is 0.806 bits per heavy atom. The van der Waals surface area contributed by atoms with Crippen molar-refractivity contribution in [3.05, 3.63) is 87.5 Å². The van der Waals surface area contributed by atoms with Crippen molar-refractivity contribution in [3.8, 4) is 5.75 Å². The molecule has 0 spiro atoms. The highest BCUT2D eigenvalue weighted by Gasteiger charge is 2.23. The summed E-state index contributed by atoms with van der Waals surface area (Å²) in [4.78, 5) is 38.8. The van der Waals surface area contributed by atoms with Gasteiger partial charge < -0.3 is 15.4 Å². The number of ether oxygens (including phenoxy) is 1. The quantitative estimate of drug-likeness (QED) is 0.298. The van der Waals surface area contributed by atoms with Crippen molar-refractivity contribution < 1.29 is 19.1 Å². The summed E-state index contributed by atoms with van der Waals surface area (Å²) < 4.78 is 6.65. The van der Waals surface area contributed by atoms with Crippen LogP contribution in [-0.2, 0) is 9.59 Å². The van der Waals surface area contributed by atoms with Crippen LogP contribution in [0.1, 0.15) is 21.6 Å². The summed E-state index contributed by atoms with van der Waals surface area (Å²) in [6.45, 7) is 3.85. The van der Waals surface area contributed by atoms with Crippen LogP contribution in [0.15, 0.2) is 60.7 Å². The molecule has 4 rings (SSSR count). The molecule has 3 aromatic carbocycles. The van der Waals surface area contributed by atoms with Gasteiger partial charge in [0.25, 0.3) is 5.91 Å². The van der Waals surface area contributed by atoms with Gasteiger partial charge in [0.15, 0.2) is 0 Å². The van der Waals surface area contributed by atoms with Crippen LogP contribution >= 0.6 is 23.2 Å². The lowest BCUT2D eigenvalue weighted by Crippen LogP contribution is -2.36. The van der Waals surface area contributed by atoms with E-state index >= 15 is 0 Å². The summed E-state index contributed by atoms with van der Waals surface area (Å²) in [6.07, 6.45) is 0. The van der Waals surface area contributed by atoms with E-state index in [-0.39, 0.29) is 5.69 Å². The van der Waals surface area contributed by atoms with Gasteiger partial charge in [-0.05, 0) is 67.4 Å². The maximum atomic E-state index is 13.2. The van der Waals surface area contributed by atoms with Crippen LogP contribution in [0.5, 0.6) is 5.75 Å². The normalized spacial score (nSPS) is 10.7. The van der Waals surface area contributed by atoms with E-state index in [0.29, 0.717) is 38.1 Å². The molecule has 0 aliphatic rings. The van der Waals surface area contributed by atoms with Crippen LogP contribution < -0.4 is 20.8 Å². The molecular weight excluding hydrogens is 503 g/mol. The Kier molecular flexibility index (Phi) is 7.19. The van der Waals surface area contributed by atoms with Gasteiger partial charge >= 0.3 is 11.8 Å². The minimum Gasteiger partial charge on any atom is -0.494 e. The molecule has 3 amide bonds. The summed E-state index contributed by atoms with van der Waals surface area (Å²) in [6, 6.07) is 16.7. The number of rotatable bonds is 5. The third-order valence-electron chi connectivity index (χ3n) is 5.54. The molecule has 4 aromatic rings. The number of carbonyl (C=O) groups excluding carboxylic acids is 3. The van der Waals surface area contributed by atoms with Crippen LogP contribution in [0.2, 0.25) is 10.0 Å². The van der Waals surface area contributed by atoms with E-state index in [1.54, 1.807) is 36.4 Å². The highest BCUT2D eigenvalue weighted by atomic mass is 35.5. The van der Waals surface area contributed by atoms with Crippen LogP contribution in [0.4, 0.5) is 11.4 Å². The smallest absolute Gasteiger partial charge is 0.328 e. The third-order valence-corrected chi connectivity index (χ3v) is 5.98. The standard InChI is InChI=1S/C26H22Cl2N4O4/c1-14-7-8-19(9-15(14)2)29-25(34)26(35)31-32-21(10-16-5-4-6-22(36-3)23(16)32)24(33)30-20-12-17(27)11-18(28)13-20/h4-13H,1-3H3,(H,29,34)(H,30,33)(H,31,35). The number of amides is 3. The van der Waals surface area contributed by atoms with Crippen molar-refractivity contribution in [1.29, 1.82) is 0 Å². The Morgan fingerprint density at radius 3 is 2.19 bits per heavy atom. The lowest BCUT2D eigenvalue weighted by Gasteiger charge is -2.14. The molecule has 8 nitrogen and oxygen atoms in total. The molecule has 0 saturated heterocycles. The molecule has 0 fully saturated rings. The molecule has 0 bridgehead atoms. The predicted octanol–water partition coefficient (Wildman–Crippen LogP) is 5.53. The van der Waals surface area contributed by atoms with Crippen LogP contribution in [0.25, 0.3) is 10.9 Å². The zero-order valence-electron chi connectivity index (χ0n) is 19.6. The van der Waals surface area contributed by atoms with Crippen LogP contribution in [0, 0.1) is 13.8 Å². The Labute approximate surface area is 217 Å². The van der Waals surface area contributed by atoms with Crippen LogP contribution in [0.3, 0.4) is 0 Å². The van der Waals surface area contributed by atoms with Gasteiger partial charge in [-0.15, -0.1) is 0 Å². The molecule has 184 valence electrons. The van der Waals surface area contributed by atoms with Crippen molar-refractivity contribution in [2.45, 2.75) is 13.8 Å². The van der Waals surface area contributed by atoms with Gasteiger partial charge in [0, 0.05) is 26.8 Å². The number of aryl methyl sites for hydroxylation is 2. The van der Waals surface area contributed by atoms with Crippen molar-refractivity contribution in [2.75, 3.05) is 23.2 Å². The van der Waals surface area contributed by atoms with E-state index in [4.69, 9.17) is 27.9 Å². The maximum Gasteiger partial charge on any atom is 0.328 e. The van der Waals surface area contributed by atoms with Gasteiger partial charge in [0.1, 0.15) is 17.0 Å². The number of para-hydroxylation sites is 1. The second-order valence-electron chi connectivity index (χ2n) is 8.07. The van der Waals surface area contributed by atoms with Crippen molar-refractivity contribution >= 4 is 63.2 Å². The molecule has 10 heteroatoms. The van der Waals surface area contributed by atoms with Crippen molar-refractivity contribution in [3.63, 3.8) is 0 Å². The topological polar surface area (TPSA) is 101 Å². The number of hydrogen-bond donors (Lipinski definition) is 3. The van der Waals surface area contributed by atoms with Gasteiger partial charge in [0.2, 0.25) is 0 Å². The number of fused-ring (bicyclic) bond motifs is 1. The summed E-state index contributed by atoms with van der Waals surface area (Å²) >= 11 is 12.1. The molecule has 0 aliphatic carbocycles.